The van der Waals surface area contributed by atoms with Crippen molar-refractivity contribution in [3.63, 3.8) is 0 Å². The zero-order valence-corrected chi connectivity index (χ0v) is 9.16. The molecule has 0 spiro atoms. The van der Waals surface area contributed by atoms with E-state index in [4.69, 9.17) is 0 Å². The van der Waals surface area contributed by atoms with Crippen molar-refractivity contribution in [2.75, 3.05) is 0 Å². The van der Waals surface area contributed by atoms with E-state index >= 15 is 0 Å². The van der Waals surface area contributed by atoms with Crippen LogP contribution >= 0.6 is 11.8 Å². The van der Waals surface area contributed by atoms with Gasteiger partial charge in [0, 0.05) is 4.90 Å². The van der Waals surface area contributed by atoms with Crippen molar-refractivity contribution in [2.45, 2.75) is 31.6 Å². The summed E-state index contributed by atoms with van der Waals surface area (Å²) in [6.45, 7) is 8.09. The largest absolute Gasteiger partial charge is 0.0984 e. The molecule has 0 heterocycles. The van der Waals surface area contributed by atoms with Crippen LogP contribution < -0.4 is 0 Å². The zero-order chi connectivity index (χ0) is 9.68. The maximum atomic E-state index is 3.72. The topological polar surface area (TPSA) is 0 Å². The Bertz CT molecular complexity index is 289. The first-order valence-corrected chi connectivity index (χ1v) is 5.53. The second-order valence-electron chi connectivity index (χ2n) is 3.13. The Morgan fingerprint density at radius 2 is 2.23 bits per heavy atom. The SMILES string of the molecule is C=CSc1ccc(CCC)cc1C. The van der Waals surface area contributed by atoms with Gasteiger partial charge in [-0.05, 0) is 35.9 Å². The Morgan fingerprint density at radius 1 is 1.46 bits per heavy atom. The second-order valence-corrected chi connectivity index (χ2v) is 4.14. The molecule has 1 aromatic rings. The van der Waals surface area contributed by atoms with Gasteiger partial charge in [0.1, 0.15) is 0 Å². The number of benzene rings is 1. The minimum absolute atomic E-state index is 1.18. The third-order valence-corrected chi connectivity index (χ3v) is 2.87. The molecule has 0 N–H and O–H groups in total. The molecule has 0 fully saturated rings. The van der Waals surface area contributed by atoms with E-state index in [9.17, 15) is 0 Å². The number of aryl methyl sites for hydroxylation is 2. The average Bonchev–Trinajstić information content (AvgIpc) is 2.10. The summed E-state index contributed by atoms with van der Waals surface area (Å²) in [6, 6.07) is 6.67. The molecular formula is C12H16S. The lowest BCUT2D eigenvalue weighted by Crippen LogP contribution is -1.85. The van der Waals surface area contributed by atoms with Crippen LogP contribution in [0.5, 0.6) is 0 Å². The van der Waals surface area contributed by atoms with Gasteiger partial charge in [0.05, 0.1) is 0 Å². The minimum atomic E-state index is 1.18. The molecule has 0 saturated carbocycles. The van der Waals surface area contributed by atoms with Crippen LogP contribution in [0.3, 0.4) is 0 Å². The van der Waals surface area contributed by atoms with Gasteiger partial charge in [0.2, 0.25) is 0 Å². The molecule has 13 heavy (non-hydrogen) atoms. The van der Waals surface area contributed by atoms with Crippen molar-refractivity contribution in [3.8, 4) is 0 Å². The second kappa shape index (κ2) is 5.13. The Morgan fingerprint density at radius 3 is 2.77 bits per heavy atom. The molecule has 1 aromatic carbocycles. The first-order chi connectivity index (χ1) is 6.27. The highest BCUT2D eigenvalue weighted by molar-refractivity contribution is 8.02. The first kappa shape index (κ1) is 10.4. The summed E-state index contributed by atoms with van der Waals surface area (Å²) in [5, 5.41) is 1.88. The first-order valence-electron chi connectivity index (χ1n) is 4.65. The van der Waals surface area contributed by atoms with E-state index < -0.39 is 0 Å². The van der Waals surface area contributed by atoms with Gasteiger partial charge in [-0.15, -0.1) is 0 Å². The van der Waals surface area contributed by atoms with E-state index in [1.807, 2.05) is 5.41 Å². The van der Waals surface area contributed by atoms with Crippen LogP contribution in [0.4, 0.5) is 0 Å². The van der Waals surface area contributed by atoms with Crippen molar-refractivity contribution in [3.05, 3.63) is 41.3 Å². The molecule has 0 bridgehead atoms. The normalized spacial score (nSPS) is 10.0. The van der Waals surface area contributed by atoms with Crippen LogP contribution in [0, 0.1) is 6.92 Å². The van der Waals surface area contributed by atoms with E-state index in [1.165, 1.54) is 28.9 Å². The lowest BCUT2D eigenvalue weighted by molar-refractivity contribution is 0.917. The number of hydrogen-bond acceptors (Lipinski definition) is 1. The van der Waals surface area contributed by atoms with Crippen LogP contribution in [0.2, 0.25) is 0 Å². The minimum Gasteiger partial charge on any atom is -0.0984 e. The van der Waals surface area contributed by atoms with Gasteiger partial charge in [-0.2, -0.15) is 0 Å². The van der Waals surface area contributed by atoms with E-state index in [2.05, 4.69) is 38.6 Å². The van der Waals surface area contributed by atoms with Gasteiger partial charge in [-0.1, -0.05) is 43.8 Å². The third kappa shape index (κ3) is 2.92. The summed E-state index contributed by atoms with van der Waals surface area (Å²) < 4.78 is 0. The van der Waals surface area contributed by atoms with E-state index in [0.717, 1.165) is 0 Å². The highest BCUT2D eigenvalue weighted by Gasteiger charge is 1.98. The molecule has 0 aliphatic rings. The summed E-state index contributed by atoms with van der Waals surface area (Å²) in [6.07, 6.45) is 2.40. The van der Waals surface area contributed by atoms with E-state index in [-0.39, 0.29) is 0 Å². The van der Waals surface area contributed by atoms with Crippen LogP contribution in [0.15, 0.2) is 35.1 Å². The Kier molecular flexibility index (Phi) is 4.10. The third-order valence-electron chi connectivity index (χ3n) is 1.99. The predicted molar refractivity (Wildman–Crippen MR) is 61.2 cm³/mol. The molecule has 0 radical (unpaired) electrons. The fraction of sp³-hybridized carbons (Fsp3) is 0.333. The van der Waals surface area contributed by atoms with Gasteiger partial charge in [0.15, 0.2) is 0 Å². The van der Waals surface area contributed by atoms with Crippen LogP contribution in [-0.2, 0) is 6.42 Å². The van der Waals surface area contributed by atoms with Crippen molar-refractivity contribution in [1.29, 1.82) is 0 Å². The molecule has 0 atom stereocenters. The van der Waals surface area contributed by atoms with Crippen molar-refractivity contribution in [1.82, 2.24) is 0 Å². The van der Waals surface area contributed by atoms with Gasteiger partial charge >= 0.3 is 0 Å². The molecule has 0 saturated heterocycles. The fourth-order valence-corrected chi connectivity index (χ4v) is 1.95. The zero-order valence-electron chi connectivity index (χ0n) is 8.34. The van der Waals surface area contributed by atoms with Crippen molar-refractivity contribution in [2.24, 2.45) is 0 Å². The molecule has 0 unspecified atom stereocenters. The summed E-state index contributed by atoms with van der Waals surface area (Å²) in [4.78, 5) is 1.31. The quantitative estimate of drug-likeness (QED) is 0.645. The number of rotatable bonds is 4. The highest BCUT2D eigenvalue weighted by Crippen LogP contribution is 2.23. The van der Waals surface area contributed by atoms with Gasteiger partial charge < -0.3 is 0 Å². The lowest BCUT2D eigenvalue weighted by atomic mass is 10.1. The highest BCUT2D eigenvalue weighted by atomic mass is 32.2. The molecule has 0 aromatic heterocycles. The maximum absolute atomic E-state index is 3.72. The standard InChI is InChI=1S/C12H16S/c1-4-6-11-7-8-12(13-5-2)10(3)9-11/h5,7-9H,2,4,6H2,1,3H3. The molecule has 1 heteroatoms. The fourth-order valence-electron chi connectivity index (χ4n) is 1.38. The number of thioether (sulfide) groups is 1. The maximum Gasteiger partial charge on any atom is 0.0145 e. The average molecular weight is 192 g/mol. The predicted octanol–water partition coefficient (Wildman–Crippen LogP) is 4.18. The van der Waals surface area contributed by atoms with Crippen LogP contribution in [0.25, 0.3) is 0 Å². The Balaban J connectivity index is 2.84. The molecule has 70 valence electrons. The Hall–Kier alpha value is -0.690. The van der Waals surface area contributed by atoms with Gasteiger partial charge in [-0.3, -0.25) is 0 Å². The molecule has 0 nitrogen and oxygen atoms in total. The van der Waals surface area contributed by atoms with Crippen molar-refractivity contribution >= 4 is 11.8 Å². The van der Waals surface area contributed by atoms with Gasteiger partial charge in [0.25, 0.3) is 0 Å². The Labute approximate surface area is 85.1 Å². The van der Waals surface area contributed by atoms with Crippen LogP contribution in [0.1, 0.15) is 24.5 Å². The number of hydrogen-bond donors (Lipinski definition) is 0. The summed E-state index contributed by atoms with van der Waals surface area (Å²) in [7, 11) is 0. The molecule has 0 aliphatic carbocycles. The smallest absolute Gasteiger partial charge is 0.0145 e. The van der Waals surface area contributed by atoms with Crippen molar-refractivity contribution < 1.29 is 0 Å². The molecular weight excluding hydrogens is 176 g/mol. The van der Waals surface area contributed by atoms with Gasteiger partial charge in [-0.25, -0.2) is 0 Å². The summed E-state index contributed by atoms with van der Waals surface area (Å²) in [5.74, 6) is 0. The molecule has 0 amide bonds. The van der Waals surface area contributed by atoms with E-state index in [1.54, 1.807) is 11.8 Å². The van der Waals surface area contributed by atoms with Crippen LogP contribution in [-0.4, -0.2) is 0 Å². The molecule has 1 rings (SSSR count). The lowest BCUT2D eigenvalue weighted by Gasteiger charge is -2.05. The summed E-state index contributed by atoms with van der Waals surface area (Å²) >= 11 is 1.69. The monoisotopic (exact) mass is 192 g/mol. The summed E-state index contributed by atoms with van der Waals surface area (Å²) in [5.41, 5.74) is 2.80. The molecule has 0 aliphatic heterocycles. The van der Waals surface area contributed by atoms with E-state index in [0.29, 0.717) is 0 Å².